The molecule has 1 aromatic heterocycles. The van der Waals surface area contributed by atoms with Gasteiger partial charge in [0.1, 0.15) is 11.7 Å². The van der Waals surface area contributed by atoms with Crippen LogP contribution in [0.15, 0.2) is 24.3 Å². The number of amides is 1. The molecule has 1 aliphatic heterocycles. The Morgan fingerprint density at radius 1 is 1.38 bits per heavy atom. The lowest BCUT2D eigenvalue weighted by molar-refractivity contribution is -0.137. The number of aromatic nitrogens is 1. The summed E-state index contributed by atoms with van der Waals surface area (Å²) in [6.07, 6.45) is -4.44. The van der Waals surface area contributed by atoms with Crippen LogP contribution < -0.4 is 0 Å². The molecule has 2 aromatic rings. The number of carbonyl (C=O) groups excluding carboxylic acids is 1. The number of benzene rings is 1. The van der Waals surface area contributed by atoms with Crippen molar-refractivity contribution >= 4 is 16.8 Å². The normalized spacial score (nSPS) is 18.6. The summed E-state index contributed by atoms with van der Waals surface area (Å²) >= 11 is 0. The summed E-state index contributed by atoms with van der Waals surface area (Å²) in [4.78, 5) is 14.1. The van der Waals surface area contributed by atoms with Gasteiger partial charge < -0.3 is 14.2 Å². The van der Waals surface area contributed by atoms with Gasteiger partial charge in [-0.25, -0.2) is 0 Å². The molecule has 24 heavy (non-hydrogen) atoms. The molecular formula is C16H14F3N3O2. The third-order valence-corrected chi connectivity index (χ3v) is 4.13. The highest BCUT2D eigenvalue weighted by atomic mass is 19.4. The van der Waals surface area contributed by atoms with Gasteiger partial charge in [0, 0.05) is 24.5 Å². The van der Waals surface area contributed by atoms with Crippen molar-refractivity contribution in [1.29, 1.82) is 5.26 Å². The Hall–Kier alpha value is -2.53. The van der Waals surface area contributed by atoms with E-state index in [0.29, 0.717) is 17.5 Å². The highest BCUT2D eigenvalue weighted by molar-refractivity contribution is 5.99. The maximum atomic E-state index is 12.8. The first-order chi connectivity index (χ1) is 11.3. The Labute approximate surface area is 135 Å². The number of morpholine rings is 1. The predicted octanol–water partition coefficient (Wildman–Crippen LogP) is 2.56. The van der Waals surface area contributed by atoms with Gasteiger partial charge in [-0.1, -0.05) is 0 Å². The molecule has 0 aliphatic carbocycles. The van der Waals surface area contributed by atoms with E-state index in [0.717, 1.165) is 12.1 Å². The topological polar surface area (TPSA) is 58.3 Å². The lowest BCUT2D eigenvalue weighted by Gasteiger charge is -2.31. The molecule has 0 N–H and O–H groups in total. The number of ether oxygens (including phenoxy) is 1. The van der Waals surface area contributed by atoms with Crippen LogP contribution in [0.1, 0.15) is 16.1 Å². The van der Waals surface area contributed by atoms with Crippen LogP contribution in [0, 0.1) is 11.3 Å². The lowest BCUT2D eigenvalue weighted by Crippen LogP contribution is -2.48. The van der Waals surface area contributed by atoms with Gasteiger partial charge in [0.15, 0.2) is 0 Å². The first-order valence-corrected chi connectivity index (χ1v) is 7.28. The van der Waals surface area contributed by atoms with Crippen molar-refractivity contribution in [1.82, 2.24) is 9.47 Å². The van der Waals surface area contributed by atoms with E-state index in [-0.39, 0.29) is 18.8 Å². The fourth-order valence-corrected chi connectivity index (χ4v) is 2.83. The lowest BCUT2D eigenvalue weighted by atomic mass is 10.1. The van der Waals surface area contributed by atoms with Gasteiger partial charge >= 0.3 is 6.18 Å². The summed E-state index contributed by atoms with van der Waals surface area (Å²) in [6.45, 7) is 0.725. The number of fused-ring (bicyclic) bond motifs is 1. The zero-order valence-corrected chi connectivity index (χ0v) is 12.8. The molecule has 0 radical (unpaired) electrons. The van der Waals surface area contributed by atoms with Crippen LogP contribution in [-0.2, 0) is 18.0 Å². The van der Waals surface area contributed by atoms with Gasteiger partial charge in [-0.3, -0.25) is 4.79 Å². The van der Waals surface area contributed by atoms with Crippen molar-refractivity contribution in [2.24, 2.45) is 7.05 Å². The van der Waals surface area contributed by atoms with Crippen LogP contribution in [0.25, 0.3) is 10.9 Å². The maximum Gasteiger partial charge on any atom is 0.416 e. The minimum atomic E-state index is -4.44. The number of carbonyl (C=O) groups is 1. The van der Waals surface area contributed by atoms with Gasteiger partial charge in [-0.2, -0.15) is 18.4 Å². The van der Waals surface area contributed by atoms with E-state index in [1.54, 1.807) is 11.6 Å². The quantitative estimate of drug-likeness (QED) is 0.804. The van der Waals surface area contributed by atoms with Crippen molar-refractivity contribution in [3.8, 4) is 6.07 Å². The Kier molecular flexibility index (Phi) is 3.97. The van der Waals surface area contributed by atoms with Crippen LogP contribution in [0.2, 0.25) is 0 Å². The van der Waals surface area contributed by atoms with Crippen molar-refractivity contribution in [2.75, 3.05) is 19.8 Å². The number of nitriles is 1. The Bertz CT molecular complexity index is 835. The van der Waals surface area contributed by atoms with Crippen LogP contribution in [0.5, 0.6) is 0 Å². The molecule has 3 rings (SSSR count). The summed E-state index contributed by atoms with van der Waals surface area (Å²) in [5.41, 5.74) is 0.000430. The van der Waals surface area contributed by atoms with Crippen LogP contribution >= 0.6 is 0 Å². The highest BCUT2D eigenvalue weighted by Gasteiger charge is 2.32. The number of hydrogen-bond acceptors (Lipinski definition) is 3. The Morgan fingerprint density at radius 2 is 2.12 bits per heavy atom. The van der Waals surface area contributed by atoms with Crippen LogP contribution in [0.4, 0.5) is 13.2 Å². The molecule has 1 atom stereocenters. The number of alkyl halides is 3. The predicted molar refractivity (Wildman–Crippen MR) is 79.2 cm³/mol. The molecule has 0 spiro atoms. The van der Waals surface area contributed by atoms with Gasteiger partial charge in [0.2, 0.25) is 0 Å². The number of halogens is 3. The third-order valence-electron chi connectivity index (χ3n) is 4.13. The van der Waals surface area contributed by atoms with E-state index in [4.69, 9.17) is 10.00 Å². The van der Waals surface area contributed by atoms with Crippen molar-refractivity contribution < 1.29 is 22.7 Å². The number of hydrogen-bond donors (Lipinski definition) is 0. The van der Waals surface area contributed by atoms with Crippen molar-refractivity contribution in [2.45, 2.75) is 12.2 Å². The molecule has 1 amide bonds. The fraction of sp³-hybridized carbons (Fsp3) is 0.375. The highest BCUT2D eigenvalue weighted by Crippen LogP contribution is 2.32. The molecule has 0 saturated carbocycles. The average Bonchev–Trinajstić information content (AvgIpc) is 2.90. The second-order valence-corrected chi connectivity index (χ2v) is 5.58. The standard InChI is InChI=1S/C16H14F3N3O2/c1-21-13-3-2-11(16(17,18)19)6-10(13)7-14(21)15(23)22-4-5-24-9-12(22)8-20/h2-3,6-7,12H,4-5,9H2,1H3/t12-/m1/s1. The zero-order valence-electron chi connectivity index (χ0n) is 12.8. The Morgan fingerprint density at radius 3 is 2.79 bits per heavy atom. The van der Waals surface area contributed by atoms with E-state index in [2.05, 4.69) is 0 Å². The second kappa shape index (κ2) is 5.83. The number of rotatable bonds is 1. The molecule has 5 nitrogen and oxygen atoms in total. The Balaban J connectivity index is 2.02. The maximum absolute atomic E-state index is 12.8. The fourth-order valence-electron chi connectivity index (χ4n) is 2.83. The smallest absolute Gasteiger partial charge is 0.376 e. The zero-order chi connectivity index (χ0) is 17.5. The summed E-state index contributed by atoms with van der Waals surface area (Å²) < 4.78 is 45.2. The second-order valence-electron chi connectivity index (χ2n) is 5.58. The van der Waals surface area contributed by atoms with Gasteiger partial charge in [0.25, 0.3) is 5.91 Å². The molecule has 126 valence electrons. The average molecular weight is 337 g/mol. The minimum absolute atomic E-state index is 0.129. The van der Waals surface area contributed by atoms with Crippen molar-refractivity contribution in [3.05, 3.63) is 35.5 Å². The molecule has 0 unspecified atom stereocenters. The van der Waals surface area contributed by atoms with Crippen molar-refractivity contribution in [3.63, 3.8) is 0 Å². The van der Waals surface area contributed by atoms with E-state index in [1.165, 1.54) is 17.0 Å². The van der Waals surface area contributed by atoms with E-state index < -0.39 is 23.7 Å². The summed E-state index contributed by atoms with van der Waals surface area (Å²) in [7, 11) is 1.62. The third kappa shape index (κ3) is 2.71. The van der Waals surface area contributed by atoms with Gasteiger partial charge in [-0.15, -0.1) is 0 Å². The molecule has 2 heterocycles. The van der Waals surface area contributed by atoms with E-state index >= 15 is 0 Å². The van der Waals surface area contributed by atoms with E-state index in [9.17, 15) is 18.0 Å². The largest absolute Gasteiger partial charge is 0.416 e. The summed E-state index contributed by atoms with van der Waals surface area (Å²) in [6, 6.07) is 6.09. The van der Waals surface area contributed by atoms with E-state index in [1.807, 2.05) is 6.07 Å². The molecule has 1 aromatic carbocycles. The first kappa shape index (κ1) is 16.3. The molecule has 0 bridgehead atoms. The molecule has 8 heteroatoms. The first-order valence-electron chi connectivity index (χ1n) is 7.28. The van der Waals surface area contributed by atoms with Crippen LogP contribution in [-0.4, -0.2) is 41.2 Å². The van der Waals surface area contributed by atoms with Crippen LogP contribution in [0.3, 0.4) is 0 Å². The summed E-state index contributed by atoms with van der Waals surface area (Å²) in [5, 5.41) is 9.47. The minimum Gasteiger partial charge on any atom is -0.376 e. The SMILES string of the molecule is Cn1c(C(=O)N2CCOC[C@H]2C#N)cc2cc(C(F)(F)F)ccc21. The molecule has 1 fully saturated rings. The number of nitrogens with zero attached hydrogens (tertiary/aromatic N) is 3. The summed E-state index contributed by atoms with van der Waals surface area (Å²) in [5.74, 6) is -0.392. The van der Waals surface area contributed by atoms with Gasteiger partial charge in [-0.05, 0) is 24.3 Å². The number of aryl methyl sites for hydroxylation is 1. The van der Waals surface area contributed by atoms with Gasteiger partial charge in [0.05, 0.1) is 24.8 Å². The molecular weight excluding hydrogens is 323 g/mol. The monoisotopic (exact) mass is 337 g/mol. The molecule has 1 saturated heterocycles. The molecule has 1 aliphatic rings.